The molecule has 106 valence electrons. The lowest BCUT2D eigenvalue weighted by molar-refractivity contribution is -0.114. The van der Waals surface area contributed by atoms with E-state index in [0.29, 0.717) is 5.13 Å². The van der Waals surface area contributed by atoms with Gasteiger partial charge in [0.05, 0.1) is 0 Å². The lowest BCUT2D eigenvalue weighted by Crippen LogP contribution is -2.26. The van der Waals surface area contributed by atoms with E-state index in [2.05, 4.69) is 30.0 Å². The first kappa shape index (κ1) is 13.2. The molecule has 3 heterocycles. The van der Waals surface area contributed by atoms with Gasteiger partial charge in [0, 0.05) is 50.6 Å². The van der Waals surface area contributed by atoms with Crippen LogP contribution in [0, 0.1) is 0 Å². The van der Waals surface area contributed by atoms with E-state index >= 15 is 0 Å². The number of hydrogen-bond acceptors (Lipinski definition) is 6. The molecule has 8 heteroatoms. The summed E-state index contributed by atoms with van der Waals surface area (Å²) in [4.78, 5) is 18.7. The quantitative estimate of drug-likeness (QED) is 0.903. The monoisotopic (exact) mass is 292 g/mol. The number of thiazole rings is 1. The number of hydrogen-bond donors (Lipinski definition) is 1. The Morgan fingerprint density at radius 1 is 1.45 bits per heavy atom. The number of nitrogens with zero attached hydrogens (tertiary/aromatic N) is 5. The Hall–Kier alpha value is -1.80. The molecule has 1 aliphatic heterocycles. The molecule has 0 aromatic carbocycles. The van der Waals surface area contributed by atoms with E-state index in [9.17, 15) is 4.79 Å². The van der Waals surface area contributed by atoms with Gasteiger partial charge >= 0.3 is 0 Å². The zero-order chi connectivity index (χ0) is 13.9. The van der Waals surface area contributed by atoms with Gasteiger partial charge < -0.3 is 9.88 Å². The molecule has 20 heavy (non-hydrogen) atoms. The van der Waals surface area contributed by atoms with Crippen molar-refractivity contribution in [3.63, 3.8) is 0 Å². The van der Waals surface area contributed by atoms with Gasteiger partial charge in [-0.25, -0.2) is 4.98 Å². The number of carbonyl (C=O) groups is 1. The predicted molar refractivity (Wildman–Crippen MR) is 75.4 cm³/mol. The molecule has 1 aliphatic rings. The second kappa shape index (κ2) is 5.68. The van der Waals surface area contributed by atoms with Crippen molar-refractivity contribution in [2.75, 3.05) is 18.4 Å². The summed E-state index contributed by atoms with van der Waals surface area (Å²) in [6, 6.07) is 0. The molecular formula is C12H16N6OS. The smallest absolute Gasteiger partial charge is 0.223 e. The maximum absolute atomic E-state index is 11.0. The van der Waals surface area contributed by atoms with Crippen LogP contribution in [0.5, 0.6) is 0 Å². The van der Waals surface area contributed by atoms with Crippen LogP contribution in [0.3, 0.4) is 0 Å². The third kappa shape index (κ3) is 3.02. The molecule has 0 unspecified atom stereocenters. The molecule has 2 aromatic rings. The van der Waals surface area contributed by atoms with Gasteiger partial charge in [-0.1, -0.05) is 0 Å². The predicted octanol–water partition coefficient (Wildman–Crippen LogP) is 0.751. The normalized spacial score (nSPS) is 15.7. The number of amides is 1. The maximum atomic E-state index is 11.0. The van der Waals surface area contributed by atoms with Gasteiger partial charge in [0.2, 0.25) is 5.91 Å². The van der Waals surface area contributed by atoms with Gasteiger partial charge in [-0.15, -0.1) is 21.5 Å². The highest BCUT2D eigenvalue weighted by Gasteiger charge is 2.16. The van der Waals surface area contributed by atoms with Crippen molar-refractivity contribution in [2.24, 2.45) is 0 Å². The number of fused-ring (bicyclic) bond motifs is 1. The minimum absolute atomic E-state index is 0.0846. The Bertz CT molecular complexity index is 584. The van der Waals surface area contributed by atoms with Crippen LogP contribution in [0.25, 0.3) is 0 Å². The van der Waals surface area contributed by atoms with Gasteiger partial charge in [-0.2, -0.15) is 0 Å². The summed E-state index contributed by atoms with van der Waals surface area (Å²) >= 11 is 1.53. The fraction of sp³-hybridized carbons (Fsp3) is 0.500. The van der Waals surface area contributed by atoms with E-state index in [1.165, 1.54) is 18.3 Å². The first-order valence-electron chi connectivity index (χ1n) is 6.52. The minimum Gasteiger partial charge on any atom is -0.316 e. The summed E-state index contributed by atoms with van der Waals surface area (Å²) in [5.41, 5.74) is 0. The van der Waals surface area contributed by atoms with Crippen LogP contribution in [-0.2, 0) is 24.3 Å². The van der Waals surface area contributed by atoms with Gasteiger partial charge in [0.15, 0.2) is 5.13 Å². The van der Waals surface area contributed by atoms with Crippen LogP contribution >= 0.6 is 11.3 Å². The Morgan fingerprint density at radius 2 is 2.35 bits per heavy atom. The molecule has 0 bridgehead atoms. The largest absolute Gasteiger partial charge is 0.316 e. The second-order valence-corrected chi connectivity index (χ2v) is 5.89. The number of nitrogens with one attached hydrogen (secondary N) is 1. The van der Waals surface area contributed by atoms with Gasteiger partial charge in [-0.05, 0) is 0 Å². The Balaban J connectivity index is 1.60. The molecule has 2 aromatic heterocycles. The molecule has 0 spiro atoms. The first-order chi connectivity index (χ1) is 9.70. The standard InChI is InChI=1S/C12H16N6OS/c1-9(19)15-12-13-6-10(20-12)7-17-3-2-11-16-14-8-18(11)5-4-17/h6,8H,2-5,7H2,1H3,(H,13,15,19). The Labute approximate surface area is 120 Å². The fourth-order valence-corrected chi connectivity index (χ4v) is 3.15. The summed E-state index contributed by atoms with van der Waals surface area (Å²) in [6.07, 6.45) is 4.54. The van der Waals surface area contributed by atoms with Crippen molar-refractivity contribution in [1.82, 2.24) is 24.6 Å². The molecule has 1 amide bonds. The zero-order valence-electron chi connectivity index (χ0n) is 11.2. The minimum atomic E-state index is -0.0846. The molecule has 0 atom stereocenters. The summed E-state index contributed by atoms with van der Waals surface area (Å²) in [7, 11) is 0. The average Bonchev–Trinajstić information content (AvgIpc) is 2.98. The fourth-order valence-electron chi connectivity index (χ4n) is 2.25. The van der Waals surface area contributed by atoms with Crippen LogP contribution in [-0.4, -0.2) is 43.6 Å². The Morgan fingerprint density at radius 3 is 3.20 bits per heavy atom. The third-order valence-corrected chi connectivity index (χ3v) is 4.12. The number of carbonyl (C=O) groups excluding carboxylic acids is 1. The molecule has 0 radical (unpaired) electrons. The summed E-state index contributed by atoms with van der Waals surface area (Å²) in [5.74, 6) is 0.967. The van der Waals surface area contributed by atoms with E-state index < -0.39 is 0 Å². The first-order valence-corrected chi connectivity index (χ1v) is 7.33. The molecule has 3 rings (SSSR count). The number of rotatable bonds is 3. The highest BCUT2D eigenvalue weighted by molar-refractivity contribution is 7.15. The Kier molecular flexibility index (Phi) is 3.75. The summed E-state index contributed by atoms with van der Waals surface area (Å²) in [6.45, 7) is 5.20. The molecule has 0 aliphatic carbocycles. The molecule has 0 saturated heterocycles. The highest BCUT2D eigenvalue weighted by Crippen LogP contribution is 2.20. The van der Waals surface area contributed by atoms with Crippen molar-refractivity contribution in [3.05, 3.63) is 23.2 Å². The average molecular weight is 292 g/mol. The van der Waals surface area contributed by atoms with E-state index in [0.717, 1.165) is 43.3 Å². The maximum Gasteiger partial charge on any atom is 0.223 e. The molecular weight excluding hydrogens is 276 g/mol. The summed E-state index contributed by atoms with van der Waals surface area (Å²) < 4.78 is 2.11. The highest BCUT2D eigenvalue weighted by atomic mass is 32.1. The van der Waals surface area contributed by atoms with E-state index in [1.807, 2.05) is 6.20 Å². The molecule has 7 nitrogen and oxygen atoms in total. The summed E-state index contributed by atoms with van der Waals surface area (Å²) in [5, 5.41) is 11.4. The van der Waals surface area contributed by atoms with Crippen LogP contribution in [0.2, 0.25) is 0 Å². The van der Waals surface area contributed by atoms with Crippen LogP contribution in [0.1, 0.15) is 17.6 Å². The van der Waals surface area contributed by atoms with Crippen molar-refractivity contribution in [2.45, 2.75) is 26.4 Å². The van der Waals surface area contributed by atoms with Crippen molar-refractivity contribution in [1.29, 1.82) is 0 Å². The second-order valence-electron chi connectivity index (χ2n) is 4.78. The van der Waals surface area contributed by atoms with Crippen molar-refractivity contribution >= 4 is 22.4 Å². The number of anilines is 1. The number of aromatic nitrogens is 4. The third-order valence-electron chi connectivity index (χ3n) is 3.22. The van der Waals surface area contributed by atoms with Crippen molar-refractivity contribution in [3.8, 4) is 0 Å². The van der Waals surface area contributed by atoms with E-state index in [1.54, 1.807) is 6.33 Å². The lowest BCUT2D eigenvalue weighted by Gasteiger charge is -2.17. The lowest BCUT2D eigenvalue weighted by atomic mass is 10.3. The van der Waals surface area contributed by atoms with Gasteiger partial charge in [0.1, 0.15) is 12.2 Å². The molecule has 0 saturated carbocycles. The van der Waals surface area contributed by atoms with E-state index in [4.69, 9.17) is 0 Å². The zero-order valence-corrected chi connectivity index (χ0v) is 12.1. The molecule has 0 fully saturated rings. The van der Waals surface area contributed by atoms with Crippen molar-refractivity contribution < 1.29 is 4.79 Å². The van der Waals surface area contributed by atoms with Gasteiger partial charge in [-0.3, -0.25) is 9.69 Å². The van der Waals surface area contributed by atoms with E-state index in [-0.39, 0.29) is 5.91 Å². The van der Waals surface area contributed by atoms with Crippen LogP contribution in [0.4, 0.5) is 5.13 Å². The SMILES string of the molecule is CC(=O)Nc1ncc(CN2CCc3nncn3CC2)s1. The molecule has 1 N–H and O–H groups in total. The van der Waals surface area contributed by atoms with Crippen LogP contribution < -0.4 is 5.32 Å². The van der Waals surface area contributed by atoms with Crippen LogP contribution in [0.15, 0.2) is 12.5 Å². The van der Waals surface area contributed by atoms with Gasteiger partial charge in [0.25, 0.3) is 0 Å². The topological polar surface area (TPSA) is 75.9 Å².